The van der Waals surface area contributed by atoms with E-state index in [1.54, 1.807) is 10.7 Å². The molecule has 2 heterocycles. The number of ether oxygens (including phenoxy) is 1. The number of benzene rings is 1. The van der Waals surface area contributed by atoms with Crippen molar-refractivity contribution < 1.29 is 19.1 Å². The molecule has 3 rings (SSSR count). The zero-order valence-electron chi connectivity index (χ0n) is 19.7. The average Bonchev–Trinajstić information content (AvgIpc) is 3.12. The summed E-state index contributed by atoms with van der Waals surface area (Å²) in [5, 5.41) is 7.24. The summed E-state index contributed by atoms with van der Waals surface area (Å²) in [6.45, 7) is 6.73. The van der Waals surface area contributed by atoms with Crippen LogP contribution in [-0.2, 0) is 14.3 Å². The second-order valence-corrected chi connectivity index (χ2v) is 8.39. The van der Waals surface area contributed by atoms with E-state index in [0.717, 1.165) is 22.5 Å². The van der Waals surface area contributed by atoms with Gasteiger partial charge in [-0.25, -0.2) is 14.5 Å². The van der Waals surface area contributed by atoms with Crippen molar-refractivity contribution in [3.8, 4) is 5.82 Å². The van der Waals surface area contributed by atoms with E-state index in [4.69, 9.17) is 16.3 Å². The fraction of sp³-hybridized carbons (Fsp3) is 0.292. The van der Waals surface area contributed by atoms with Crippen molar-refractivity contribution in [3.05, 3.63) is 69.6 Å². The number of aryl methyl sites for hydroxylation is 4. The molecule has 0 atom stereocenters. The van der Waals surface area contributed by atoms with E-state index in [1.807, 2.05) is 52.0 Å². The Balaban J connectivity index is 1.60. The second kappa shape index (κ2) is 10.5. The Labute approximate surface area is 202 Å². The Morgan fingerprint density at radius 2 is 1.76 bits per heavy atom. The van der Waals surface area contributed by atoms with E-state index in [9.17, 15) is 14.4 Å². The predicted octanol–water partition coefficient (Wildman–Crippen LogP) is 3.41. The van der Waals surface area contributed by atoms with Crippen molar-refractivity contribution in [1.29, 1.82) is 0 Å². The van der Waals surface area contributed by atoms with Crippen LogP contribution in [-0.4, -0.2) is 57.6 Å². The summed E-state index contributed by atoms with van der Waals surface area (Å²) in [5.41, 5.74) is 4.06. The highest BCUT2D eigenvalue weighted by atomic mass is 35.5. The van der Waals surface area contributed by atoms with Crippen LogP contribution in [0.1, 0.15) is 33.0 Å². The fourth-order valence-electron chi connectivity index (χ4n) is 3.35. The lowest BCUT2D eigenvalue weighted by molar-refractivity contribution is -0.136. The molecule has 0 aliphatic rings. The van der Waals surface area contributed by atoms with Crippen LogP contribution in [0, 0.1) is 27.7 Å². The number of amides is 2. The van der Waals surface area contributed by atoms with Crippen molar-refractivity contribution >= 4 is 35.1 Å². The zero-order valence-corrected chi connectivity index (χ0v) is 20.4. The minimum absolute atomic E-state index is 0.0871. The minimum Gasteiger partial charge on any atom is -0.451 e. The first-order valence-electron chi connectivity index (χ1n) is 10.5. The molecule has 1 N–H and O–H groups in total. The number of para-hydroxylation sites is 1. The van der Waals surface area contributed by atoms with Gasteiger partial charge in [-0.3, -0.25) is 9.59 Å². The number of esters is 1. The van der Waals surface area contributed by atoms with Gasteiger partial charge < -0.3 is 15.0 Å². The van der Waals surface area contributed by atoms with E-state index in [-0.39, 0.29) is 23.2 Å². The summed E-state index contributed by atoms with van der Waals surface area (Å²) < 4.78 is 6.70. The summed E-state index contributed by atoms with van der Waals surface area (Å²) in [6, 6.07) is 10.7. The van der Waals surface area contributed by atoms with Gasteiger partial charge in [0.15, 0.2) is 18.1 Å². The first kappa shape index (κ1) is 24.9. The Bertz CT molecular complexity index is 1230. The number of aromatic nitrogens is 3. The third-order valence-electron chi connectivity index (χ3n) is 5.13. The molecule has 0 spiro atoms. The van der Waals surface area contributed by atoms with Crippen molar-refractivity contribution in [2.45, 2.75) is 27.7 Å². The number of halogens is 1. The SMILES string of the molecule is Cc1cc(C)n(-c2ccc(Cl)c(C(=O)OCC(=O)N(C)CC(=O)Nc3c(C)cccc3C)n2)n1. The largest absolute Gasteiger partial charge is 0.451 e. The average molecular weight is 484 g/mol. The maximum atomic E-state index is 12.6. The highest BCUT2D eigenvalue weighted by Gasteiger charge is 2.20. The topological polar surface area (TPSA) is 106 Å². The summed E-state index contributed by atoms with van der Waals surface area (Å²) in [6.07, 6.45) is 0. The lowest BCUT2D eigenvalue weighted by atomic mass is 10.1. The van der Waals surface area contributed by atoms with Gasteiger partial charge in [0.05, 0.1) is 17.3 Å². The van der Waals surface area contributed by atoms with Crippen LogP contribution in [0.4, 0.5) is 5.69 Å². The summed E-state index contributed by atoms with van der Waals surface area (Å²) in [5.74, 6) is -1.36. The first-order valence-corrected chi connectivity index (χ1v) is 10.9. The number of likely N-dealkylation sites (N-methyl/N-ethyl adjacent to an activating group) is 1. The van der Waals surface area contributed by atoms with Crippen molar-refractivity contribution in [3.63, 3.8) is 0 Å². The van der Waals surface area contributed by atoms with Crippen LogP contribution in [0.2, 0.25) is 5.02 Å². The van der Waals surface area contributed by atoms with E-state index < -0.39 is 18.5 Å². The van der Waals surface area contributed by atoms with Crippen LogP contribution in [0.3, 0.4) is 0 Å². The number of pyridine rings is 1. The Morgan fingerprint density at radius 1 is 1.09 bits per heavy atom. The summed E-state index contributed by atoms with van der Waals surface area (Å²) in [4.78, 5) is 42.8. The number of carbonyl (C=O) groups excluding carboxylic acids is 3. The highest BCUT2D eigenvalue weighted by molar-refractivity contribution is 6.33. The normalized spacial score (nSPS) is 10.6. The molecule has 3 aromatic rings. The molecule has 0 aliphatic heterocycles. The first-order chi connectivity index (χ1) is 16.1. The molecule has 0 fully saturated rings. The number of carbonyl (C=O) groups is 3. The van der Waals surface area contributed by atoms with Crippen molar-refractivity contribution in [2.24, 2.45) is 0 Å². The van der Waals surface area contributed by atoms with Crippen LogP contribution in [0.15, 0.2) is 36.4 Å². The molecular formula is C24H26ClN5O4. The van der Waals surface area contributed by atoms with Gasteiger partial charge in [-0.15, -0.1) is 0 Å². The van der Waals surface area contributed by atoms with Gasteiger partial charge >= 0.3 is 5.97 Å². The molecule has 2 aromatic heterocycles. The maximum absolute atomic E-state index is 12.6. The van der Waals surface area contributed by atoms with Gasteiger partial charge in [-0.1, -0.05) is 29.8 Å². The van der Waals surface area contributed by atoms with Crippen LogP contribution in [0.25, 0.3) is 5.82 Å². The van der Waals surface area contributed by atoms with Gasteiger partial charge in [-0.2, -0.15) is 5.10 Å². The second-order valence-electron chi connectivity index (χ2n) is 7.98. The van der Waals surface area contributed by atoms with Gasteiger partial charge in [-0.05, 0) is 57.0 Å². The van der Waals surface area contributed by atoms with Crippen LogP contribution >= 0.6 is 11.6 Å². The van der Waals surface area contributed by atoms with E-state index in [0.29, 0.717) is 11.5 Å². The Kier molecular flexibility index (Phi) is 7.68. The zero-order chi connectivity index (χ0) is 25.0. The van der Waals surface area contributed by atoms with Crippen LogP contribution in [0.5, 0.6) is 0 Å². The molecule has 10 heteroatoms. The number of nitrogens with one attached hydrogen (secondary N) is 1. The monoisotopic (exact) mass is 483 g/mol. The third-order valence-corrected chi connectivity index (χ3v) is 5.44. The molecule has 0 bridgehead atoms. The molecule has 0 unspecified atom stereocenters. The molecule has 34 heavy (non-hydrogen) atoms. The number of hydrogen-bond acceptors (Lipinski definition) is 6. The van der Waals surface area contributed by atoms with Gasteiger partial charge in [0.25, 0.3) is 5.91 Å². The number of nitrogens with zero attached hydrogens (tertiary/aromatic N) is 4. The van der Waals surface area contributed by atoms with E-state index >= 15 is 0 Å². The van der Waals surface area contributed by atoms with Crippen LogP contribution < -0.4 is 5.32 Å². The number of anilines is 1. The standard InChI is InChI=1S/C24H26ClN5O4/c1-14-7-6-8-15(2)22(14)27-20(31)12-29(5)21(32)13-34-24(33)23-18(25)9-10-19(26-23)30-17(4)11-16(3)28-30/h6-11H,12-13H2,1-5H3,(H,27,31). The molecule has 0 saturated carbocycles. The molecule has 0 radical (unpaired) electrons. The predicted molar refractivity (Wildman–Crippen MR) is 128 cm³/mol. The third kappa shape index (κ3) is 5.79. The minimum atomic E-state index is -0.852. The quantitative estimate of drug-likeness (QED) is 0.516. The molecule has 9 nitrogen and oxygen atoms in total. The Hall–Kier alpha value is -3.72. The van der Waals surface area contributed by atoms with Crippen molar-refractivity contribution in [2.75, 3.05) is 25.5 Å². The van der Waals surface area contributed by atoms with Gasteiger partial charge in [0, 0.05) is 18.4 Å². The smallest absolute Gasteiger partial charge is 0.359 e. The summed E-state index contributed by atoms with van der Waals surface area (Å²) in [7, 11) is 1.45. The molecule has 0 aliphatic carbocycles. The van der Waals surface area contributed by atoms with Crippen molar-refractivity contribution in [1.82, 2.24) is 19.7 Å². The maximum Gasteiger partial charge on any atom is 0.359 e. The highest BCUT2D eigenvalue weighted by Crippen LogP contribution is 2.20. The molecular weight excluding hydrogens is 458 g/mol. The number of rotatable bonds is 7. The molecule has 0 saturated heterocycles. The number of hydrogen-bond donors (Lipinski definition) is 1. The van der Waals surface area contributed by atoms with Gasteiger partial charge in [0.1, 0.15) is 0 Å². The Morgan fingerprint density at radius 3 is 2.38 bits per heavy atom. The van der Waals surface area contributed by atoms with E-state index in [1.165, 1.54) is 18.0 Å². The molecule has 178 valence electrons. The van der Waals surface area contributed by atoms with Gasteiger partial charge in [0.2, 0.25) is 5.91 Å². The lowest BCUT2D eigenvalue weighted by Gasteiger charge is -2.18. The lowest BCUT2D eigenvalue weighted by Crippen LogP contribution is -2.37. The molecule has 2 amide bonds. The molecule has 1 aromatic carbocycles. The fourth-order valence-corrected chi connectivity index (χ4v) is 3.54. The van der Waals surface area contributed by atoms with E-state index in [2.05, 4.69) is 15.4 Å². The summed E-state index contributed by atoms with van der Waals surface area (Å²) >= 11 is 6.13.